The van der Waals surface area contributed by atoms with Gasteiger partial charge in [-0.25, -0.2) is 4.98 Å². The highest BCUT2D eigenvalue weighted by Gasteiger charge is 2.23. The molecule has 1 atom stereocenters. The van der Waals surface area contributed by atoms with E-state index in [0.717, 1.165) is 30.9 Å². The first-order valence-electron chi connectivity index (χ1n) is 7.09. The van der Waals surface area contributed by atoms with E-state index in [1.165, 1.54) is 0 Å². The highest BCUT2D eigenvalue weighted by Crippen LogP contribution is 2.29. The third-order valence-corrected chi connectivity index (χ3v) is 4.40. The Hall–Kier alpha value is -1.72. The minimum Gasteiger partial charge on any atom is -0.384 e. The minimum absolute atomic E-state index is 0.274. The Morgan fingerprint density at radius 1 is 1.23 bits per heavy atom. The number of nitrogen functional groups attached to an aromatic ring is 1. The zero-order chi connectivity index (χ0) is 15.7. The Bertz CT molecular complexity index is 671. The summed E-state index contributed by atoms with van der Waals surface area (Å²) in [6.45, 7) is 3.70. The van der Waals surface area contributed by atoms with E-state index in [1.807, 2.05) is 25.1 Å². The van der Waals surface area contributed by atoms with Crippen LogP contribution in [-0.2, 0) is 0 Å². The molecule has 1 fully saturated rings. The standard InChI is InChI=1S/C15H17Cl2N5/c1-9-6-14(18)21-15(19-9)20-10-4-5-22(8-10)11-2-3-12(16)13(17)7-11/h2-3,6-7,10H,4-5,8H2,1H3,(H3,18,19,20,21). The largest absolute Gasteiger partial charge is 0.384 e. The van der Waals surface area contributed by atoms with Gasteiger partial charge in [0.05, 0.1) is 10.0 Å². The molecule has 0 saturated carbocycles. The summed E-state index contributed by atoms with van der Waals surface area (Å²) in [5.74, 6) is 1.06. The van der Waals surface area contributed by atoms with Gasteiger partial charge in [0, 0.05) is 36.6 Å². The maximum Gasteiger partial charge on any atom is 0.225 e. The molecule has 0 aliphatic carbocycles. The summed E-state index contributed by atoms with van der Waals surface area (Å²) in [5, 5.41) is 4.49. The third kappa shape index (κ3) is 3.36. The molecule has 116 valence electrons. The molecule has 2 aromatic rings. The van der Waals surface area contributed by atoms with Gasteiger partial charge in [0.1, 0.15) is 5.82 Å². The van der Waals surface area contributed by atoms with Gasteiger partial charge in [0.15, 0.2) is 0 Å². The van der Waals surface area contributed by atoms with Gasteiger partial charge in [-0.1, -0.05) is 23.2 Å². The van der Waals surface area contributed by atoms with E-state index in [1.54, 1.807) is 6.07 Å². The Morgan fingerprint density at radius 3 is 2.77 bits per heavy atom. The molecule has 1 unspecified atom stereocenters. The second kappa shape index (κ2) is 6.18. The second-order valence-electron chi connectivity index (χ2n) is 5.43. The summed E-state index contributed by atoms with van der Waals surface area (Å²) in [6, 6.07) is 7.73. The average molecular weight is 338 g/mol. The fourth-order valence-electron chi connectivity index (χ4n) is 2.63. The van der Waals surface area contributed by atoms with Gasteiger partial charge in [-0.2, -0.15) is 4.98 Å². The number of halogens is 2. The van der Waals surface area contributed by atoms with Gasteiger partial charge in [0.2, 0.25) is 5.95 Å². The number of hydrogen-bond acceptors (Lipinski definition) is 5. The molecule has 1 aromatic carbocycles. The van der Waals surface area contributed by atoms with Crippen molar-refractivity contribution in [3.63, 3.8) is 0 Å². The van der Waals surface area contributed by atoms with Crippen molar-refractivity contribution in [1.29, 1.82) is 0 Å². The molecule has 3 N–H and O–H groups in total. The molecule has 22 heavy (non-hydrogen) atoms. The summed E-state index contributed by atoms with van der Waals surface area (Å²) in [5.41, 5.74) is 7.68. The van der Waals surface area contributed by atoms with Crippen molar-refractivity contribution in [3.8, 4) is 0 Å². The molecule has 7 heteroatoms. The lowest BCUT2D eigenvalue weighted by Gasteiger charge is -2.19. The zero-order valence-electron chi connectivity index (χ0n) is 12.2. The molecule has 0 bridgehead atoms. The maximum atomic E-state index is 6.09. The highest BCUT2D eigenvalue weighted by atomic mass is 35.5. The zero-order valence-corrected chi connectivity index (χ0v) is 13.7. The summed E-state index contributed by atoms with van der Waals surface area (Å²) in [4.78, 5) is 10.8. The van der Waals surface area contributed by atoms with Gasteiger partial charge in [-0.05, 0) is 31.5 Å². The molecule has 1 aromatic heterocycles. The predicted molar refractivity (Wildman–Crippen MR) is 91.9 cm³/mol. The summed E-state index contributed by atoms with van der Waals surface area (Å²) >= 11 is 12.0. The van der Waals surface area contributed by atoms with Crippen LogP contribution >= 0.6 is 23.2 Å². The number of anilines is 3. The van der Waals surface area contributed by atoms with Crippen LogP contribution in [-0.4, -0.2) is 29.1 Å². The van der Waals surface area contributed by atoms with Crippen molar-refractivity contribution in [2.24, 2.45) is 0 Å². The molecule has 1 saturated heterocycles. The molecule has 3 rings (SSSR count). The summed E-state index contributed by atoms with van der Waals surface area (Å²) in [6.07, 6.45) is 0.997. The topological polar surface area (TPSA) is 67.1 Å². The van der Waals surface area contributed by atoms with Crippen LogP contribution in [0, 0.1) is 6.92 Å². The van der Waals surface area contributed by atoms with E-state index in [-0.39, 0.29) is 6.04 Å². The van der Waals surface area contributed by atoms with Crippen LogP contribution in [0.3, 0.4) is 0 Å². The number of rotatable bonds is 3. The first kappa shape index (κ1) is 15.2. The first-order chi connectivity index (χ1) is 10.5. The SMILES string of the molecule is Cc1cc(N)nc(NC2CCN(c3ccc(Cl)c(Cl)c3)C2)n1. The third-order valence-electron chi connectivity index (χ3n) is 3.66. The Balaban J connectivity index is 1.68. The number of benzene rings is 1. The number of nitrogens with zero attached hydrogens (tertiary/aromatic N) is 3. The Labute approximate surface area is 139 Å². The molecular formula is C15H17Cl2N5. The number of hydrogen-bond donors (Lipinski definition) is 2. The maximum absolute atomic E-state index is 6.09. The Kier molecular flexibility index (Phi) is 4.27. The van der Waals surface area contributed by atoms with Gasteiger partial charge in [-0.15, -0.1) is 0 Å². The molecular weight excluding hydrogens is 321 g/mol. The predicted octanol–water partition coefficient (Wildman–Crippen LogP) is 3.36. The van der Waals surface area contributed by atoms with Gasteiger partial charge in [-0.3, -0.25) is 0 Å². The Morgan fingerprint density at radius 2 is 2.05 bits per heavy atom. The first-order valence-corrected chi connectivity index (χ1v) is 7.84. The second-order valence-corrected chi connectivity index (χ2v) is 6.25. The van der Waals surface area contributed by atoms with E-state index in [9.17, 15) is 0 Å². The normalized spacial score (nSPS) is 17.8. The summed E-state index contributed by atoms with van der Waals surface area (Å²) in [7, 11) is 0. The van der Waals surface area contributed by atoms with Crippen LogP contribution in [0.1, 0.15) is 12.1 Å². The van der Waals surface area contributed by atoms with Gasteiger partial charge < -0.3 is 16.0 Å². The molecule has 2 heterocycles. The lowest BCUT2D eigenvalue weighted by molar-refractivity contribution is 0.791. The van der Waals surface area contributed by atoms with Crippen molar-refractivity contribution in [3.05, 3.63) is 40.0 Å². The van der Waals surface area contributed by atoms with Crippen molar-refractivity contribution in [1.82, 2.24) is 9.97 Å². The molecule has 0 radical (unpaired) electrons. The van der Waals surface area contributed by atoms with E-state index >= 15 is 0 Å². The number of aromatic nitrogens is 2. The van der Waals surface area contributed by atoms with Crippen molar-refractivity contribution >= 4 is 40.7 Å². The van der Waals surface area contributed by atoms with Crippen molar-refractivity contribution < 1.29 is 0 Å². The molecule has 1 aliphatic rings. The number of nitrogens with two attached hydrogens (primary N) is 1. The van der Waals surface area contributed by atoms with E-state index in [2.05, 4.69) is 20.2 Å². The van der Waals surface area contributed by atoms with Crippen LogP contribution in [0.5, 0.6) is 0 Å². The fraction of sp³-hybridized carbons (Fsp3) is 0.333. The van der Waals surface area contributed by atoms with Crippen LogP contribution in [0.25, 0.3) is 0 Å². The number of nitrogens with one attached hydrogen (secondary N) is 1. The van der Waals surface area contributed by atoms with Crippen LogP contribution in [0.2, 0.25) is 10.0 Å². The van der Waals surface area contributed by atoms with E-state index < -0.39 is 0 Å². The molecule has 0 spiro atoms. The molecule has 0 amide bonds. The molecule has 1 aliphatic heterocycles. The smallest absolute Gasteiger partial charge is 0.225 e. The fourth-order valence-corrected chi connectivity index (χ4v) is 2.93. The average Bonchev–Trinajstić information content (AvgIpc) is 2.89. The van der Waals surface area contributed by atoms with Crippen LogP contribution < -0.4 is 16.0 Å². The molecule has 5 nitrogen and oxygen atoms in total. The van der Waals surface area contributed by atoms with E-state index in [4.69, 9.17) is 28.9 Å². The lowest BCUT2D eigenvalue weighted by Crippen LogP contribution is -2.26. The number of aryl methyl sites for hydroxylation is 1. The highest BCUT2D eigenvalue weighted by molar-refractivity contribution is 6.42. The van der Waals surface area contributed by atoms with Crippen molar-refractivity contribution in [2.45, 2.75) is 19.4 Å². The van der Waals surface area contributed by atoms with Crippen LogP contribution in [0.15, 0.2) is 24.3 Å². The van der Waals surface area contributed by atoms with Gasteiger partial charge in [0.25, 0.3) is 0 Å². The van der Waals surface area contributed by atoms with Crippen LogP contribution in [0.4, 0.5) is 17.5 Å². The van der Waals surface area contributed by atoms with Gasteiger partial charge >= 0.3 is 0 Å². The monoisotopic (exact) mass is 337 g/mol. The minimum atomic E-state index is 0.274. The van der Waals surface area contributed by atoms with E-state index in [0.29, 0.717) is 21.8 Å². The quantitative estimate of drug-likeness (QED) is 0.898. The lowest BCUT2D eigenvalue weighted by atomic mass is 10.2. The summed E-state index contributed by atoms with van der Waals surface area (Å²) < 4.78 is 0. The van der Waals surface area contributed by atoms with Crippen molar-refractivity contribution in [2.75, 3.05) is 29.0 Å².